The van der Waals surface area contributed by atoms with Crippen LogP contribution in [0.5, 0.6) is 5.75 Å². The normalized spacial score (nSPS) is 10.5. The standard InChI is InChI=1S/C30H27N3O2S/c1-20-8-7-9-21(2)29(20)33-28(34)16-17-36-30-26(19-31)25(22-12-14-24(35-3)15-13-22)18-27(32-30)23-10-5-4-6-11-23/h4-15,18H,16-17H2,1-3H3,(H,33,34). The van der Waals surface area contributed by atoms with Gasteiger partial charge in [0.25, 0.3) is 0 Å². The molecule has 0 saturated heterocycles. The van der Waals surface area contributed by atoms with Crippen molar-refractivity contribution in [2.45, 2.75) is 25.3 Å². The predicted molar refractivity (Wildman–Crippen MR) is 146 cm³/mol. The summed E-state index contributed by atoms with van der Waals surface area (Å²) in [5, 5.41) is 13.7. The molecule has 5 nitrogen and oxygen atoms in total. The number of hydrogen-bond donors (Lipinski definition) is 1. The van der Waals surface area contributed by atoms with Crippen LogP contribution < -0.4 is 10.1 Å². The number of ether oxygens (including phenoxy) is 1. The van der Waals surface area contributed by atoms with Crippen molar-refractivity contribution in [3.05, 3.63) is 95.6 Å². The summed E-state index contributed by atoms with van der Waals surface area (Å²) in [6.45, 7) is 3.96. The zero-order chi connectivity index (χ0) is 25.5. The highest BCUT2D eigenvalue weighted by Gasteiger charge is 2.17. The first-order valence-corrected chi connectivity index (χ1v) is 12.6. The largest absolute Gasteiger partial charge is 0.497 e. The second-order valence-electron chi connectivity index (χ2n) is 8.35. The zero-order valence-corrected chi connectivity index (χ0v) is 21.4. The second-order valence-corrected chi connectivity index (χ2v) is 9.44. The molecule has 0 aliphatic rings. The average molecular weight is 494 g/mol. The molecule has 0 bridgehead atoms. The lowest BCUT2D eigenvalue weighted by atomic mass is 9.99. The molecule has 3 aromatic carbocycles. The Labute approximate surface area is 216 Å². The van der Waals surface area contributed by atoms with Crippen LogP contribution in [0.2, 0.25) is 0 Å². The van der Waals surface area contributed by atoms with Gasteiger partial charge in [0.05, 0.1) is 18.4 Å². The van der Waals surface area contributed by atoms with Gasteiger partial charge in [-0.05, 0) is 48.7 Å². The van der Waals surface area contributed by atoms with Crippen LogP contribution >= 0.6 is 11.8 Å². The van der Waals surface area contributed by atoms with Gasteiger partial charge in [-0.2, -0.15) is 5.26 Å². The third-order valence-electron chi connectivity index (χ3n) is 5.88. The van der Waals surface area contributed by atoms with Crippen LogP contribution in [-0.2, 0) is 4.79 Å². The van der Waals surface area contributed by atoms with E-state index in [1.165, 1.54) is 11.8 Å². The van der Waals surface area contributed by atoms with Crippen LogP contribution in [0, 0.1) is 25.2 Å². The Bertz CT molecular complexity index is 1390. The first kappa shape index (κ1) is 25.0. The van der Waals surface area contributed by atoms with Crippen LogP contribution in [-0.4, -0.2) is 23.8 Å². The van der Waals surface area contributed by atoms with Gasteiger partial charge in [0.15, 0.2) is 0 Å². The number of rotatable bonds is 8. The predicted octanol–water partition coefficient (Wildman–Crippen LogP) is 7.03. The van der Waals surface area contributed by atoms with Crippen molar-refractivity contribution in [3.8, 4) is 34.2 Å². The van der Waals surface area contributed by atoms with E-state index in [2.05, 4.69) is 11.4 Å². The first-order chi connectivity index (χ1) is 17.5. The highest BCUT2D eigenvalue weighted by atomic mass is 32.2. The number of thioether (sulfide) groups is 1. The van der Waals surface area contributed by atoms with Crippen LogP contribution in [0.1, 0.15) is 23.1 Å². The van der Waals surface area contributed by atoms with Gasteiger partial charge in [0.2, 0.25) is 5.91 Å². The van der Waals surface area contributed by atoms with Crippen LogP contribution in [0.25, 0.3) is 22.4 Å². The van der Waals surface area contributed by atoms with Crippen molar-refractivity contribution in [3.63, 3.8) is 0 Å². The van der Waals surface area contributed by atoms with Gasteiger partial charge < -0.3 is 10.1 Å². The number of aryl methyl sites for hydroxylation is 2. The Morgan fingerprint density at radius 2 is 1.67 bits per heavy atom. The number of nitriles is 1. The van der Waals surface area contributed by atoms with Gasteiger partial charge in [0.1, 0.15) is 16.8 Å². The van der Waals surface area contributed by atoms with E-state index in [4.69, 9.17) is 9.72 Å². The Morgan fingerprint density at radius 1 is 0.972 bits per heavy atom. The molecule has 0 aliphatic heterocycles. The minimum atomic E-state index is -0.0620. The van der Waals surface area contributed by atoms with Gasteiger partial charge in [-0.25, -0.2) is 4.98 Å². The van der Waals surface area contributed by atoms with E-state index >= 15 is 0 Å². The summed E-state index contributed by atoms with van der Waals surface area (Å²) >= 11 is 1.43. The van der Waals surface area contributed by atoms with Gasteiger partial charge in [0, 0.05) is 29.0 Å². The minimum absolute atomic E-state index is 0.0620. The lowest BCUT2D eigenvalue weighted by Crippen LogP contribution is -2.14. The molecule has 1 heterocycles. The number of anilines is 1. The smallest absolute Gasteiger partial charge is 0.225 e. The summed E-state index contributed by atoms with van der Waals surface area (Å²) in [5.41, 5.74) is 6.87. The van der Waals surface area contributed by atoms with Gasteiger partial charge in [-0.1, -0.05) is 60.7 Å². The molecule has 0 unspecified atom stereocenters. The number of benzene rings is 3. The molecular weight excluding hydrogens is 466 g/mol. The van der Waals surface area contributed by atoms with E-state index < -0.39 is 0 Å². The van der Waals surface area contributed by atoms with Crippen molar-refractivity contribution in [1.29, 1.82) is 5.26 Å². The molecule has 0 atom stereocenters. The summed E-state index contributed by atoms with van der Waals surface area (Å²) in [6, 6.07) is 27.8. The Morgan fingerprint density at radius 3 is 2.31 bits per heavy atom. The zero-order valence-electron chi connectivity index (χ0n) is 20.5. The number of methoxy groups -OCH3 is 1. The van der Waals surface area contributed by atoms with E-state index in [0.717, 1.165) is 44.9 Å². The summed E-state index contributed by atoms with van der Waals surface area (Å²) in [4.78, 5) is 17.5. The number of pyridine rings is 1. The van der Waals surface area contributed by atoms with E-state index in [9.17, 15) is 10.1 Å². The van der Waals surface area contributed by atoms with Crippen molar-refractivity contribution in [1.82, 2.24) is 4.98 Å². The number of carbonyl (C=O) groups is 1. The third-order valence-corrected chi connectivity index (χ3v) is 6.86. The summed E-state index contributed by atoms with van der Waals surface area (Å²) in [6.07, 6.45) is 0.304. The molecule has 0 spiro atoms. The molecule has 36 heavy (non-hydrogen) atoms. The molecule has 0 aliphatic carbocycles. The number of nitrogens with one attached hydrogen (secondary N) is 1. The number of para-hydroxylation sites is 1. The third kappa shape index (κ3) is 5.76. The Hall–Kier alpha value is -4.08. The fourth-order valence-electron chi connectivity index (χ4n) is 3.94. The molecule has 180 valence electrons. The monoisotopic (exact) mass is 493 g/mol. The fourth-order valence-corrected chi connectivity index (χ4v) is 4.89. The molecule has 4 aromatic rings. The number of amides is 1. The number of nitrogens with zero attached hydrogens (tertiary/aromatic N) is 2. The summed E-state index contributed by atoms with van der Waals surface area (Å²) in [5.74, 6) is 1.19. The van der Waals surface area contributed by atoms with Crippen molar-refractivity contribution < 1.29 is 9.53 Å². The maximum atomic E-state index is 12.7. The molecule has 1 N–H and O–H groups in total. The topological polar surface area (TPSA) is 75.0 Å². The Kier molecular flexibility index (Phi) is 8.04. The van der Waals surface area contributed by atoms with Crippen molar-refractivity contribution >= 4 is 23.4 Å². The SMILES string of the molecule is COc1ccc(-c2cc(-c3ccccc3)nc(SCCC(=O)Nc3c(C)cccc3C)c2C#N)cc1. The van der Waals surface area contributed by atoms with Gasteiger partial charge >= 0.3 is 0 Å². The van der Waals surface area contributed by atoms with Gasteiger partial charge in [-0.15, -0.1) is 11.8 Å². The summed E-state index contributed by atoms with van der Waals surface area (Å²) in [7, 11) is 1.63. The molecule has 0 radical (unpaired) electrons. The molecule has 1 amide bonds. The van der Waals surface area contributed by atoms with Crippen LogP contribution in [0.15, 0.2) is 83.9 Å². The van der Waals surface area contributed by atoms with Gasteiger partial charge in [-0.3, -0.25) is 4.79 Å². The Balaban J connectivity index is 1.61. The lowest BCUT2D eigenvalue weighted by molar-refractivity contribution is -0.115. The van der Waals surface area contributed by atoms with E-state index in [1.807, 2.05) is 92.7 Å². The molecule has 0 saturated carbocycles. The highest BCUT2D eigenvalue weighted by molar-refractivity contribution is 7.99. The molecule has 1 aromatic heterocycles. The van der Waals surface area contributed by atoms with E-state index in [0.29, 0.717) is 22.8 Å². The molecular formula is C30H27N3O2S. The number of carbonyl (C=O) groups excluding carboxylic acids is 1. The van der Waals surface area contributed by atoms with E-state index in [-0.39, 0.29) is 5.91 Å². The number of aromatic nitrogens is 1. The quantitative estimate of drug-likeness (QED) is 0.267. The summed E-state index contributed by atoms with van der Waals surface area (Å²) < 4.78 is 5.29. The van der Waals surface area contributed by atoms with Crippen LogP contribution in [0.3, 0.4) is 0 Å². The minimum Gasteiger partial charge on any atom is -0.497 e. The van der Waals surface area contributed by atoms with Crippen molar-refractivity contribution in [2.24, 2.45) is 0 Å². The van der Waals surface area contributed by atoms with E-state index in [1.54, 1.807) is 7.11 Å². The maximum Gasteiger partial charge on any atom is 0.225 e. The average Bonchev–Trinajstić information content (AvgIpc) is 2.91. The lowest BCUT2D eigenvalue weighted by Gasteiger charge is -2.14. The maximum absolute atomic E-state index is 12.7. The molecule has 6 heteroatoms. The molecule has 0 fully saturated rings. The fraction of sp³-hybridized carbons (Fsp3) is 0.167. The highest BCUT2D eigenvalue weighted by Crippen LogP contribution is 2.35. The molecule has 4 rings (SSSR count). The second kappa shape index (κ2) is 11.6. The first-order valence-electron chi connectivity index (χ1n) is 11.6. The van der Waals surface area contributed by atoms with Crippen molar-refractivity contribution in [2.75, 3.05) is 18.2 Å². The number of hydrogen-bond acceptors (Lipinski definition) is 5. The van der Waals surface area contributed by atoms with Crippen LogP contribution in [0.4, 0.5) is 5.69 Å².